The Balaban J connectivity index is 1.14. The quantitative estimate of drug-likeness (QED) is 0.182. The number of hydrogen-bond acceptors (Lipinski definition) is 2. The van der Waals surface area contributed by atoms with Crippen LogP contribution >= 0.6 is 0 Å². The molecule has 3 nitrogen and oxygen atoms in total. The van der Waals surface area contributed by atoms with Gasteiger partial charge in [0.1, 0.15) is 0 Å². The average Bonchev–Trinajstić information content (AvgIpc) is 3.83. The number of hydrogen-bond donors (Lipinski definition) is 0. The zero-order chi connectivity index (χ0) is 36.7. The van der Waals surface area contributed by atoms with Gasteiger partial charge in [-0.2, -0.15) is 0 Å². The molecule has 11 aromatic rings. The summed E-state index contributed by atoms with van der Waals surface area (Å²) in [7, 11) is 0. The van der Waals surface area contributed by atoms with E-state index in [4.69, 9.17) is 9.97 Å². The van der Waals surface area contributed by atoms with Gasteiger partial charge in [-0.3, -0.25) is 0 Å². The lowest BCUT2D eigenvalue weighted by Gasteiger charge is -2.10. The molecule has 260 valence electrons. The molecule has 0 saturated carbocycles. The van der Waals surface area contributed by atoms with Crippen molar-refractivity contribution in [2.24, 2.45) is 0 Å². The zero-order valence-corrected chi connectivity index (χ0v) is 30.4. The summed E-state index contributed by atoms with van der Waals surface area (Å²) in [5.41, 5.74) is 13.7. The number of aromatic nitrogens is 3. The van der Waals surface area contributed by atoms with Crippen molar-refractivity contribution in [1.29, 1.82) is 0 Å². The van der Waals surface area contributed by atoms with E-state index in [1.165, 1.54) is 81.9 Å². The fraction of sp³-hybridized carbons (Fsp3) is 0.0189. The molecule has 0 fully saturated rings. The highest BCUT2D eigenvalue weighted by molar-refractivity contribution is 6.27. The molecule has 0 radical (unpaired) electrons. The molecule has 0 aliphatic heterocycles. The minimum Gasteiger partial charge on any atom is -0.308 e. The van der Waals surface area contributed by atoms with Gasteiger partial charge < -0.3 is 4.40 Å². The molecule has 3 heterocycles. The van der Waals surface area contributed by atoms with Gasteiger partial charge in [0.25, 0.3) is 0 Å². The summed E-state index contributed by atoms with van der Waals surface area (Å²) in [4.78, 5) is 10.4. The van der Waals surface area contributed by atoms with Gasteiger partial charge in [-0.05, 0) is 74.5 Å². The molecule has 12 rings (SSSR count). The normalized spacial score (nSPS) is 12.2. The van der Waals surface area contributed by atoms with Crippen molar-refractivity contribution < 1.29 is 0 Å². The maximum absolute atomic E-state index is 5.24. The van der Waals surface area contributed by atoms with Gasteiger partial charge in [-0.15, -0.1) is 0 Å². The molecule has 1 aliphatic rings. The maximum Gasteiger partial charge on any atom is 0.160 e. The first kappa shape index (κ1) is 31.0. The molecule has 0 bridgehead atoms. The molecule has 8 aromatic carbocycles. The van der Waals surface area contributed by atoms with Crippen LogP contribution in [-0.2, 0) is 6.42 Å². The Morgan fingerprint density at radius 2 is 0.839 bits per heavy atom. The molecular weight excluding hydrogens is 679 g/mol. The fourth-order valence-corrected chi connectivity index (χ4v) is 9.26. The van der Waals surface area contributed by atoms with E-state index in [9.17, 15) is 0 Å². The molecule has 0 N–H and O–H groups in total. The first-order valence-corrected chi connectivity index (χ1v) is 19.3. The highest BCUT2D eigenvalue weighted by atomic mass is 14.9. The van der Waals surface area contributed by atoms with Gasteiger partial charge in [0.2, 0.25) is 0 Å². The first-order chi connectivity index (χ1) is 27.8. The van der Waals surface area contributed by atoms with Crippen LogP contribution in [0, 0.1) is 0 Å². The summed E-state index contributed by atoms with van der Waals surface area (Å²) in [5.74, 6) is 0.710. The number of para-hydroxylation sites is 2. The van der Waals surface area contributed by atoms with Crippen LogP contribution in [0.1, 0.15) is 11.1 Å². The number of nitrogens with zero attached hydrogens (tertiary/aromatic N) is 3. The van der Waals surface area contributed by atoms with Crippen molar-refractivity contribution in [3.63, 3.8) is 0 Å². The highest BCUT2D eigenvalue weighted by Gasteiger charge is 2.21. The van der Waals surface area contributed by atoms with Crippen LogP contribution in [0.25, 0.3) is 105 Å². The lowest BCUT2D eigenvalue weighted by molar-refractivity contribution is 1.18. The van der Waals surface area contributed by atoms with E-state index in [1.54, 1.807) is 0 Å². The number of benzene rings is 8. The lowest BCUT2D eigenvalue weighted by Crippen LogP contribution is -1.96. The molecular formula is C53H33N3. The summed E-state index contributed by atoms with van der Waals surface area (Å²) in [6.45, 7) is 0. The molecule has 0 unspecified atom stereocenters. The third kappa shape index (κ3) is 4.64. The van der Waals surface area contributed by atoms with E-state index in [0.717, 1.165) is 34.5 Å². The first-order valence-electron chi connectivity index (χ1n) is 19.3. The van der Waals surface area contributed by atoms with Crippen molar-refractivity contribution in [1.82, 2.24) is 14.4 Å². The Kier molecular flexibility index (Phi) is 6.69. The predicted molar refractivity (Wildman–Crippen MR) is 234 cm³/mol. The van der Waals surface area contributed by atoms with Crippen LogP contribution in [0.5, 0.6) is 0 Å². The van der Waals surface area contributed by atoms with Gasteiger partial charge >= 0.3 is 0 Å². The largest absolute Gasteiger partial charge is 0.308 e. The molecule has 0 atom stereocenters. The highest BCUT2D eigenvalue weighted by Crippen LogP contribution is 2.44. The Morgan fingerprint density at radius 1 is 0.339 bits per heavy atom. The van der Waals surface area contributed by atoms with Crippen molar-refractivity contribution in [2.45, 2.75) is 6.42 Å². The van der Waals surface area contributed by atoms with E-state index in [2.05, 4.69) is 174 Å². The van der Waals surface area contributed by atoms with Crippen LogP contribution in [0.4, 0.5) is 0 Å². The average molecular weight is 712 g/mol. The smallest absolute Gasteiger partial charge is 0.160 e. The van der Waals surface area contributed by atoms with Crippen molar-refractivity contribution >= 4 is 59.6 Å². The minimum absolute atomic E-state index is 0.710. The van der Waals surface area contributed by atoms with Gasteiger partial charge in [0.15, 0.2) is 5.82 Å². The number of fused-ring (bicyclic) bond motifs is 7. The van der Waals surface area contributed by atoms with Crippen LogP contribution in [0.2, 0.25) is 0 Å². The Hall–Kier alpha value is -7.36. The Morgan fingerprint density at radius 3 is 1.57 bits per heavy atom. The molecule has 0 saturated heterocycles. The van der Waals surface area contributed by atoms with E-state index in [0.29, 0.717) is 5.82 Å². The summed E-state index contributed by atoms with van der Waals surface area (Å²) in [6.07, 6.45) is 0.958. The minimum atomic E-state index is 0.710. The predicted octanol–water partition coefficient (Wildman–Crippen LogP) is 13.6. The van der Waals surface area contributed by atoms with Crippen LogP contribution < -0.4 is 0 Å². The van der Waals surface area contributed by atoms with Crippen LogP contribution in [0.15, 0.2) is 188 Å². The second-order valence-electron chi connectivity index (χ2n) is 14.9. The van der Waals surface area contributed by atoms with Crippen molar-refractivity contribution in [3.05, 3.63) is 199 Å². The standard InChI is InChI=1S/C53H33N3/c1-3-12-33(13-4-1)34-24-26-35(27-25-34)46-32-47(55-53(54-46)36-14-5-2-6-15-36)37-28-29-49-45(31-37)44-22-11-21-43-42-20-10-17-39-30-38-16-9-19-41(50(38)51(39)42)40-18-7-8-23-48(40)56(49)52(43)44/h1-29,31-32H,30H2. The Bertz CT molecular complexity index is 3420. The lowest BCUT2D eigenvalue weighted by atomic mass is 10.00. The molecule has 0 amide bonds. The molecule has 0 spiro atoms. The maximum atomic E-state index is 5.24. The van der Waals surface area contributed by atoms with Gasteiger partial charge in [0, 0.05) is 38.2 Å². The third-order valence-electron chi connectivity index (χ3n) is 11.8. The summed E-state index contributed by atoms with van der Waals surface area (Å²) in [6, 6.07) is 68.0. The number of rotatable bonds is 4. The zero-order valence-electron chi connectivity index (χ0n) is 30.4. The second-order valence-corrected chi connectivity index (χ2v) is 14.9. The molecule has 3 aromatic heterocycles. The van der Waals surface area contributed by atoms with Gasteiger partial charge in [-0.25, -0.2) is 9.97 Å². The van der Waals surface area contributed by atoms with Crippen molar-refractivity contribution in [2.75, 3.05) is 0 Å². The van der Waals surface area contributed by atoms with Crippen molar-refractivity contribution in [3.8, 4) is 45.0 Å². The summed E-state index contributed by atoms with van der Waals surface area (Å²) in [5, 5.41) is 10.3. The van der Waals surface area contributed by atoms with Gasteiger partial charge in [0.05, 0.1) is 27.9 Å². The topological polar surface area (TPSA) is 30.2 Å². The second kappa shape index (κ2) is 12.1. The molecule has 56 heavy (non-hydrogen) atoms. The van der Waals surface area contributed by atoms with Crippen LogP contribution in [-0.4, -0.2) is 14.4 Å². The molecule has 3 heteroatoms. The van der Waals surface area contributed by atoms with E-state index >= 15 is 0 Å². The third-order valence-corrected chi connectivity index (χ3v) is 11.8. The van der Waals surface area contributed by atoms with E-state index in [1.807, 2.05) is 18.2 Å². The van der Waals surface area contributed by atoms with Crippen LogP contribution in [0.3, 0.4) is 0 Å². The SMILES string of the molecule is c1ccc(-c2ccc(-c3cc(-c4ccc5c(c4)c4cccc6c7cccc8c7c7c(cccc7c7ccccc7n5c64)C8)nc(-c4ccccc4)n3)cc2)cc1. The van der Waals surface area contributed by atoms with E-state index < -0.39 is 0 Å². The molecule has 1 aliphatic carbocycles. The fourth-order valence-electron chi connectivity index (χ4n) is 9.26. The summed E-state index contributed by atoms with van der Waals surface area (Å²) < 4.78 is 2.51. The van der Waals surface area contributed by atoms with E-state index in [-0.39, 0.29) is 0 Å². The monoisotopic (exact) mass is 711 g/mol. The summed E-state index contributed by atoms with van der Waals surface area (Å²) >= 11 is 0. The van der Waals surface area contributed by atoms with Gasteiger partial charge in [-0.1, -0.05) is 164 Å². The Labute approximate surface area is 323 Å².